The van der Waals surface area contributed by atoms with Crippen LogP contribution in [-0.4, -0.2) is 23.0 Å². The molecule has 5 heteroatoms. The molecule has 0 radical (unpaired) electrons. The smallest absolute Gasteiger partial charge is 0.303 e. The number of terminal acetylenes is 1. The lowest BCUT2D eigenvalue weighted by molar-refractivity contribution is -0.137. The van der Waals surface area contributed by atoms with Crippen molar-refractivity contribution in [2.75, 3.05) is 5.32 Å². The van der Waals surface area contributed by atoms with E-state index in [9.17, 15) is 9.59 Å². The van der Waals surface area contributed by atoms with Crippen molar-refractivity contribution in [2.45, 2.75) is 18.9 Å². The van der Waals surface area contributed by atoms with E-state index in [2.05, 4.69) is 11.2 Å². The van der Waals surface area contributed by atoms with Gasteiger partial charge in [-0.15, -0.1) is 6.42 Å². The van der Waals surface area contributed by atoms with Gasteiger partial charge in [-0.05, 0) is 24.6 Å². The first kappa shape index (κ1) is 13.7. The Morgan fingerprint density at radius 1 is 1.50 bits per heavy atom. The molecular formula is C13H14N2O3. The molecule has 0 saturated carbocycles. The van der Waals surface area contributed by atoms with Crippen molar-refractivity contribution in [3.8, 4) is 12.3 Å². The third-order valence-electron chi connectivity index (χ3n) is 2.30. The molecule has 0 aliphatic rings. The van der Waals surface area contributed by atoms with Crippen LogP contribution in [0.5, 0.6) is 0 Å². The number of benzene rings is 1. The van der Waals surface area contributed by atoms with E-state index in [1.54, 1.807) is 24.3 Å². The molecule has 1 aromatic rings. The van der Waals surface area contributed by atoms with Gasteiger partial charge in [-0.1, -0.05) is 12.0 Å². The molecule has 0 fully saturated rings. The van der Waals surface area contributed by atoms with Crippen LogP contribution in [0.25, 0.3) is 0 Å². The van der Waals surface area contributed by atoms with Crippen LogP contribution in [-0.2, 0) is 9.59 Å². The minimum absolute atomic E-state index is 0.0933. The number of carboxylic acids is 1. The van der Waals surface area contributed by atoms with Gasteiger partial charge in [0.05, 0.1) is 6.04 Å². The summed E-state index contributed by atoms with van der Waals surface area (Å²) in [6, 6.07) is 5.92. The summed E-state index contributed by atoms with van der Waals surface area (Å²) in [5.41, 5.74) is 6.76. The van der Waals surface area contributed by atoms with Crippen LogP contribution in [0.1, 0.15) is 18.4 Å². The van der Waals surface area contributed by atoms with Crippen LogP contribution in [0.2, 0.25) is 0 Å². The van der Waals surface area contributed by atoms with E-state index in [-0.39, 0.29) is 12.8 Å². The summed E-state index contributed by atoms with van der Waals surface area (Å²) in [6.45, 7) is 0. The first-order chi connectivity index (χ1) is 8.52. The van der Waals surface area contributed by atoms with Crippen molar-refractivity contribution in [2.24, 2.45) is 5.73 Å². The van der Waals surface area contributed by atoms with Gasteiger partial charge in [-0.25, -0.2) is 0 Å². The molecule has 94 valence electrons. The molecule has 4 N–H and O–H groups in total. The molecule has 0 spiro atoms. The number of hydrogen-bond acceptors (Lipinski definition) is 3. The van der Waals surface area contributed by atoms with Crippen molar-refractivity contribution in [3.05, 3.63) is 29.8 Å². The molecule has 5 nitrogen and oxygen atoms in total. The van der Waals surface area contributed by atoms with Gasteiger partial charge in [-0.2, -0.15) is 0 Å². The number of rotatable bonds is 5. The van der Waals surface area contributed by atoms with Gasteiger partial charge in [-0.3, -0.25) is 9.59 Å². The first-order valence-corrected chi connectivity index (χ1v) is 5.38. The molecule has 18 heavy (non-hydrogen) atoms. The van der Waals surface area contributed by atoms with Crippen molar-refractivity contribution in [3.63, 3.8) is 0 Å². The lowest BCUT2D eigenvalue weighted by Gasteiger charge is -2.11. The van der Waals surface area contributed by atoms with Gasteiger partial charge >= 0.3 is 5.97 Å². The van der Waals surface area contributed by atoms with Gasteiger partial charge in [0, 0.05) is 17.7 Å². The predicted octanol–water partition coefficient (Wildman–Crippen LogP) is 0.798. The molecule has 1 rings (SSSR count). The summed E-state index contributed by atoms with van der Waals surface area (Å²) >= 11 is 0. The fourth-order valence-corrected chi connectivity index (χ4v) is 1.33. The lowest BCUT2D eigenvalue weighted by Crippen LogP contribution is -2.36. The second-order valence-corrected chi connectivity index (χ2v) is 3.75. The molecule has 1 aromatic carbocycles. The average molecular weight is 246 g/mol. The minimum Gasteiger partial charge on any atom is -0.481 e. The van der Waals surface area contributed by atoms with Crippen molar-refractivity contribution < 1.29 is 14.7 Å². The molecule has 0 aliphatic carbocycles. The Morgan fingerprint density at radius 3 is 2.83 bits per heavy atom. The maximum atomic E-state index is 11.6. The highest BCUT2D eigenvalue weighted by Gasteiger charge is 2.14. The van der Waals surface area contributed by atoms with Crippen LogP contribution >= 0.6 is 0 Å². The van der Waals surface area contributed by atoms with Crippen LogP contribution in [0.3, 0.4) is 0 Å². The third-order valence-corrected chi connectivity index (χ3v) is 2.30. The van der Waals surface area contributed by atoms with Gasteiger partial charge < -0.3 is 16.2 Å². The van der Waals surface area contributed by atoms with E-state index in [0.717, 1.165) is 0 Å². The van der Waals surface area contributed by atoms with Crippen LogP contribution < -0.4 is 11.1 Å². The second kappa shape index (κ2) is 6.42. The van der Waals surface area contributed by atoms with E-state index >= 15 is 0 Å². The van der Waals surface area contributed by atoms with Crippen LogP contribution in [0, 0.1) is 12.3 Å². The lowest BCUT2D eigenvalue weighted by atomic mass is 10.1. The number of amides is 1. The summed E-state index contributed by atoms with van der Waals surface area (Å²) in [7, 11) is 0. The minimum atomic E-state index is -0.979. The molecule has 0 bridgehead atoms. The monoisotopic (exact) mass is 246 g/mol. The molecule has 0 aromatic heterocycles. The predicted molar refractivity (Wildman–Crippen MR) is 67.9 cm³/mol. The zero-order chi connectivity index (χ0) is 13.5. The fraction of sp³-hybridized carbons (Fsp3) is 0.231. The normalized spacial score (nSPS) is 11.3. The molecule has 1 atom stereocenters. The first-order valence-electron chi connectivity index (χ1n) is 5.38. The summed E-state index contributed by atoms with van der Waals surface area (Å²) in [4.78, 5) is 22.0. The molecule has 1 unspecified atom stereocenters. The largest absolute Gasteiger partial charge is 0.481 e. The van der Waals surface area contributed by atoms with Crippen molar-refractivity contribution >= 4 is 17.6 Å². The number of carboxylic acid groups (broad SMARTS) is 1. The fourth-order valence-electron chi connectivity index (χ4n) is 1.33. The Morgan fingerprint density at radius 2 is 2.22 bits per heavy atom. The third kappa shape index (κ3) is 4.28. The summed E-state index contributed by atoms with van der Waals surface area (Å²) in [5, 5.41) is 11.1. The zero-order valence-electron chi connectivity index (χ0n) is 9.72. The highest BCUT2D eigenvalue weighted by molar-refractivity contribution is 5.95. The number of anilines is 1. The van der Waals surface area contributed by atoms with Crippen molar-refractivity contribution in [1.82, 2.24) is 0 Å². The molecule has 1 amide bonds. The molecule has 0 aliphatic heterocycles. The van der Waals surface area contributed by atoms with Crippen LogP contribution in [0.4, 0.5) is 5.69 Å². The number of hydrogen-bond donors (Lipinski definition) is 3. The number of nitrogens with one attached hydrogen (secondary N) is 1. The van der Waals surface area contributed by atoms with E-state index < -0.39 is 17.9 Å². The Balaban J connectivity index is 2.58. The van der Waals surface area contributed by atoms with Gasteiger partial charge in [0.15, 0.2) is 0 Å². The highest BCUT2D eigenvalue weighted by Crippen LogP contribution is 2.10. The molecule has 0 heterocycles. The number of aliphatic carboxylic acids is 1. The van der Waals surface area contributed by atoms with Gasteiger partial charge in [0.2, 0.25) is 5.91 Å². The Bertz CT molecular complexity index is 491. The number of nitrogens with two attached hydrogens (primary N) is 1. The summed E-state index contributed by atoms with van der Waals surface area (Å²) in [6.07, 6.45) is 5.19. The topological polar surface area (TPSA) is 92.4 Å². The molecule has 0 saturated heterocycles. The SMILES string of the molecule is C#Cc1cccc(NC(=O)C(N)CCC(=O)O)c1. The summed E-state index contributed by atoms with van der Waals surface area (Å²) in [5.74, 6) is 1.05. The number of carbonyl (C=O) groups is 2. The summed E-state index contributed by atoms with van der Waals surface area (Å²) < 4.78 is 0. The second-order valence-electron chi connectivity index (χ2n) is 3.75. The van der Waals surface area contributed by atoms with E-state index in [4.69, 9.17) is 17.3 Å². The van der Waals surface area contributed by atoms with Gasteiger partial charge in [0.25, 0.3) is 0 Å². The standard InChI is InChI=1S/C13H14N2O3/c1-2-9-4-3-5-10(8-9)15-13(18)11(14)6-7-12(16)17/h1,3-5,8,11H,6-7,14H2,(H,15,18)(H,16,17). The Hall–Kier alpha value is -2.32. The quantitative estimate of drug-likeness (QED) is 0.670. The zero-order valence-corrected chi connectivity index (χ0v) is 9.72. The maximum absolute atomic E-state index is 11.6. The van der Waals surface area contributed by atoms with Crippen LogP contribution in [0.15, 0.2) is 24.3 Å². The Kier molecular flexibility index (Phi) is 4.90. The van der Waals surface area contributed by atoms with E-state index in [0.29, 0.717) is 11.3 Å². The average Bonchev–Trinajstić information content (AvgIpc) is 2.36. The Labute approximate surface area is 105 Å². The highest BCUT2D eigenvalue weighted by atomic mass is 16.4. The van der Waals surface area contributed by atoms with E-state index in [1.807, 2.05) is 0 Å². The van der Waals surface area contributed by atoms with Gasteiger partial charge in [0.1, 0.15) is 0 Å². The van der Waals surface area contributed by atoms with Crippen molar-refractivity contribution in [1.29, 1.82) is 0 Å². The maximum Gasteiger partial charge on any atom is 0.303 e. The van der Waals surface area contributed by atoms with E-state index in [1.165, 1.54) is 0 Å². The number of carbonyl (C=O) groups excluding carboxylic acids is 1. The molecular weight excluding hydrogens is 232 g/mol.